The molecule has 2 aliphatic carbocycles. The third kappa shape index (κ3) is 3.05. The molecule has 2 saturated carbocycles. The van der Waals surface area contributed by atoms with Gasteiger partial charge in [0.1, 0.15) is 17.5 Å². The predicted molar refractivity (Wildman–Crippen MR) is 83.3 cm³/mol. The highest BCUT2D eigenvalue weighted by Crippen LogP contribution is 2.40. The summed E-state index contributed by atoms with van der Waals surface area (Å²) < 4.78 is 0. The second kappa shape index (κ2) is 5.58. The van der Waals surface area contributed by atoms with E-state index >= 15 is 0 Å². The molecule has 4 heteroatoms. The van der Waals surface area contributed by atoms with E-state index in [1.54, 1.807) is 0 Å². The van der Waals surface area contributed by atoms with Crippen LogP contribution < -0.4 is 10.6 Å². The van der Waals surface area contributed by atoms with Crippen LogP contribution in [0.15, 0.2) is 0 Å². The van der Waals surface area contributed by atoms with Crippen molar-refractivity contribution in [1.29, 1.82) is 0 Å². The molecule has 1 heterocycles. The number of nitrogens with zero attached hydrogens (tertiary/aromatic N) is 2. The van der Waals surface area contributed by atoms with E-state index in [4.69, 9.17) is 9.97 Å². The van der Waals surface area contributed by atoms with Gasteiger partial charge in [0.2, 0.25) is 0 Å². The summed E-state index contributed by atoms with van der Waals surface area (Å²) >= 11 is 0. The van der Waals surface area contributed by atoms with Crippen LogP contribution in [0.4, 0.5) is 11.6 Å². The van der Waals surface area contributed by atoms with Crippen LogP contribution in [0.5, 0.6) is 0 Å². The summed E-state index contributed by atoms with van der Waals surface area (Å²) in [6, 6.07) is 0.523. The van der Waals surface area contributed by atoms with E-state index in [-0.39, 0.29) is 0 Å². The highest BCUT2D eigenvalue weighted by Gasteiger charge is 2.31. The molecule has 0 aliphatic heterocycles. The van der Waals surface area contributed by atoms with E-state index in [1.165, 1.54) is 25.7 Å². The smallest absolute Gasteiger partial charge is 0.136 e. The zero-order valence-electron chi connectivity index (χ0n) is 12.9. The number of aromatic nitrogens is 2. The first-order valence-corrected chi connectivity index (χ1v) is 8.08. The Labute approximate surface area is 121 Å². The third-order valence-corrected chi connectivity index (χ3v) is 4.34. The minimum absolute atomic E-state index is 0.523. The molecule has 1 unspecified atom stereocenters. The van der Waals surface area contributed by atoms with Crippen molar-refractivity contribution in [3.63, 3.8) is 0 Å². The first-order valence-electron chi connectivity index (χ1n) is 8.08. The quantitative estimate of drug-likeness (QED) is 0.796. The number of nitrogens with one attached hydrogen (secondary N) is 2. The van der Waals surface area contributed by atoms with Gasteiger partial charge in [0.05, 0.1) is 0 Å². The average molecular weight is 274 g/mol. The molecule has 2 aliphatic rings. The van der Waals surface area contributed by atoms with Crippen LogP contribution in [-0.2, 0) is 0 Å². The summed E-state index contributed by atoms with van der Waals surface area (Å²) in [4.78, 5) is 9.53. The van der Waals surface area contributed by atoms with Gasteiger partial charge in [-0.1, -0.05) is 6.92 Å². The highest BCUT2D eigenvalue weighted by atomic mass is 15.1. The second-order valence-corrected chi connectivity index (χ2v) is 6.38. The van der Waals surface area contributed by atoms with E-state index in [1.807, 2.05) is 0 Å². The number of hydrogen-bond acceptors (Lipinski definition) is 4. The molecule has 0 bridgehead atoms. The van der Waals surface area contributed by atoms with E-state index in [0.29, 0.717) is 12.0 Å². The van der Waals surface area contributed by atoms with Gasteiger partial charge in [0, 0.05) is 24.1 Å². The standard InChI is InChI=1S/C16H26N4/c1-4-9-17-14-10(2)15(18-11(3)12-5-6-12)20-16(19-14)13-7-8-13/h11-13H,4-9H2,1-3H3,(H2,17,18,19,20). The SMILES string of the molecule is CCCNc1nc(C2CC2)nc(NC(C)C2CC2)c1C. The Morgan fingerprint density at radius 3 is 2.45 bits per heavy atom. The lowest BCUT2D eigenvalue weighted by molar-refractivity contribution is 0.687. The lowest BCUT2D eigenvalue weighted by atomic mass is 10.2. The summed E-state index contributed by atoms with van der Waals surface area (Å²) in [5, 5.41) is 7.07. The average Bonchev–Trinajstić information content (AvgIpc) is 3.31. The Bertz CT molecular complexity index is 478. The minimum atomic E-state index is 0.523. The van der Waals surface area contributed by atoms with Crippen LogP contribution in [0.1, 0.15) is 63.3 Å². The fraction of sp³-hybridized carbons (Fsp3) is 0.750. The molecule has 1 aromatic rings. The highest BCUT2D eigenvalue weighted by molar-refractivity contribution is 5.58. The molecule has 20 heavy (non-hydrogen) atoms. The molecular weight excluding hydrogens is 248 g/mol. The van der Waals surface area contributed by atoms with Crippen LogP contribution >= 0.6 is 0 Å². The predicted octanol–water partition coefficient (Wildman–Crippen LogP) is 3.69. The minimum Gasteiger partial charge on any atom is -0.370 e. The van der Waals surface area contributed by atoms with Crippen LogP contribution in [0.3, 0.4) is 0 Å². The number of hydrogen-bond donors (Lipinski definition) is 2. The second-order valence-electron chi connectivity index (χ2n) is 6.38. The van der Waals surface area contributed by atoms with E-state index in [0.717, 1.165) is 41.9 Å². The maximum atomic E-state index is 4.79. The van der Waals surface area contributed by atoms with E-state index in [2.05, 4.69) is 31.4 Å². The van der Waals surface area contributed by atoms with E-state index in [9.17, 15) is 0 Å². The normalized spacial score (nSPS) is 19.8. The Balaban J connectivity index is 1.83. The molecule has 0 amide bonds. The zero-order valence-corrected chi connectivity index (χ0v) is 12.9. The van der Waals surface area contributed by atoms with Gasteiger partial charge < -0.3 is 10.6 Å². The van der Waals surface area contributed by atoms with Crippen molar-refractivity contribution in [2.24, 2.45) is 5.92 Å². The van der Waals surface area contributed by atoms with Crippen molar-refractivity contribution in [1.82, 2.24) is 9.97 Å². The maximum absolute atomic E-state index is 4.79. The Morgan fingerprint density at radius 1 is 1.15 bits per heavy atom. The molecule has 3 rings (SSSR count). The maximum Gasteiger partial charge on any atom is 0.136 e. The molecule has 2 N–H and O–H groups in total. The topological polar surface area (TPSA) is 49.8 Å². The first kappa shape index (κ1) is 13.7. The summed E-state index contributed by atoms with van der Waals surface area (Å²) in [6.07, 6.45) is 6.31. The van der Waals surface area contributed by atoms with Crippen molar-refractivity contribution in [3.05, 3.63) is 11.4 Å². The molecule has 0 aromatic carbocycles. The lowest BCUT2D eigenvalue weighted by Gasteiger charge is -2.18. The van der Waals surface area contributed by atoms with Gasteiger partial charge in [-0.15, -0.1) is 0 Å². The van der Waals surface area contributed by atoms with Crippen molar-refractivity contribution in [3.8, 4) is 0 Å². The number of anilines is 2. The monoisotopic (exact) mass is 274 g/mol. The Kier molecular flexibility index (Phi) is 3.81. The summed E-state index contributed by atoms with van der Waals surface area (Å²) in [5.74, 6) is 4.52. The molecule has 1 aromatic heterocycles. The fourth-order valence-electron chi connectivity index (χ4n) is 2.54. The van der Waals surface area contributed by atoms with Gasteiger partial charge >= 0.3 is 0 Å². The Morgan fingerprint density at radius 2 is 1.85 bits per heavy atom. The van der Waals surface area contributed by atoms with Gasteiger partial charge in [-0.3, -0.25) is 0 Å². The van der Waals surface area contributed by atoms with Crippen LogP contribution in [0.25, 0.3) is 0 Å². The van der Waals surface area contributed by atoms with Crippen LogP contribution in [-0.4, -0.2) is 22.6 Å². The largest absolute Gasteiger partial charge is 0.370 e. The van der Waals surface area contributed by atoms with Crippen LogP contribution in [0.2, 0.25) is 0 Å². The molecule has 110 valence electrons. The van der Waals surface area contributed by atoms with Gasteiger partial charge in [0.25, 0.3) is 0 Å². The molecule has 4 nitrogen and oxygen atoms in total. The fourth-order valence-corrected chi connectivity index (χ4v) is 2.54. The van der Waals surface area contributed by atoms with Gasteiger partial charge in [-0.05, 0) is 51.9 Å². The van der Waals surface area contributed by atoms with E-state index < -0.39 is 0 Å². The van der Waals surface area contributed by atoms with Gasteiger partial charge in [-0.25, -0.2) is 9.97 Å². The molecule has 0 saturated heterocycles. The zero-order chi connectivity index (χ0) is 14.1. The van der Waals surface area contributed by atoms with Crippen molar-refractivity contribution in [2.45, 2.75) is 64.8 Å². The van der Waals surface area contributed by atoms with Crippen LogP contribution in [0, 0.1) is 12.8 Å². The Hall–Kier alpha value is -1.32. The van der Waals surface area contributed by atoms with Crippen molar-refractivity contribution < 1.29 is 0 Å². The molecule has 1 atom stereocenters. The summed E-state index contributed by atoms with van der Waals surface area (Å²) in [7, 11) is 0. The first-order chi connectivity index (χ1) is 9.69. The molecular formula is C16H26N4. The lowest BCUT2D eigenvalue weighted by Crippen LogP contribution is -2.20. The summed E-state index contributed by atoms with van der Waals surface area (Å²) in [6.45, 7) is 7.55. The number of rotatable bonds is 7. The van der Waals surface area contributed by atoms with Crippen molar-refractivity contribution in [2.75, 3.05) is 17.2 Å². The van der Waals surface area contributed by atoms with Gasteiger partial charge in [0.15, 0.2) is 0 Å². The molecule has 0 spiro atoms. The molecule has 2 fully saturated rings. The molecule has 0 radical (unpaired) electrons. The van der Waals surface area contributed by atoms with Gasteiger partial charge in [-0.2, -0.15) is 0 Å². The van der Waals surface area contributed by atoms with Crippen molar-refractivity contribution >= 4 is 11.6 Å². The third-order valence-electron chi connectivity index (χ3n) is 4.34. The summed E-state index contributed by atoms with van der Waals surface area (Å²) in [5.41, 5.74) is 1.16.